The number of pyridine rings is 3. The van der Waals surface area contributed by atoms with Gasteiger partial charge in [-0.15, -0.1) is 0 Å². The van der Waals surface area contributed by atoms with E-state index in [1.165, 1.54) is 18.3 Å². The summed E-state index contributed by atoms with van der Waals surface area (Å²) in [6, 6.07) is 12.8. The SMILES string of the molecule is COc1cc2nccc(Oc3ccc(CC(=O)c4cn(CC5CCOCC5)c5ccc(F)cc5c4=O)nc3)c2cc1OC. The van der Waals surface area contributed by atoms with Crippen LogP contribution in [-0.2, 0) is 17.7 Å². The fourth-order valence-corrected chi connectivity index (χ4v) is 5.43. The van der Waals surface area contributed by atoms with Crippen LogP contribution < -0.4 is 19.6 Å². The number of ketones is 1. The number of hydrogen-bond acceptors (Lipinski definition) is 8. The number of fused-ring (bicyclic) bond motifs is 2. The van der Waals surface area contributed by atoms with Crippen molar-refractivity contribution < 1.29 is 28.1 Å². The van der Waals surface area contributed by atoms with Crippen molar-refractivity contribution >= 4 is 27.6 Å². The second-order valence-corrected chi connectivity index (χ2v) is 10.5. The molecular weight excluding hydrogens is 553 g/mol. The van der Waals surface area contributed by atoms with Crippen molar-refractivity contribution in [2.24, 2.45) is 5.92 Å². The molecule has 4 heterocycles. The highest BCUT2D eigenvalue weighted by Crippen LogP contribution is 2.36. The Hall–Kier alpha value is -4.83. The van der Waals surface area contributed by atoms with E-state index in [2.05, 4.69) is 9.97 Å². The first-order valence-electron chi connectivity index (χ1n) is 14.0. The van der Waals surface area contributed by atoms with Gasteiger partial charge in [0.2, 0.25) is 0 Å². The van der Waals surface area contributed by atoms with E-state index in [1.54, 1.807) is 63.0 Å². The molecule has 220 valence electrons. The number of carbonyl (C=O) groups excluding carboxylic acids is 1. The van der Waals surface area contributed by atoms with Gasteiger partial charge in [-0.25, -0.2) is 4.39 Å². The van der Waals surface area contributed by atoms with Gasteiger partial charge in [0, 0.05) is 54.7 Å². The summed E-state index contributed by atoms with van der Waals surface area (Å²) in [4.78, 5) is 35.5. The number of ether oxygens (including phenoxy) is 4. The monoisotopic (exact) mass is 583 g/mol. The smallest absolute Gasteiger partial charge is 0.200 e. The predicted molar refractivity (Wildman–Crippen MR) is 159 cm³/mol. The Morgan fingerprint density at radius 1 is 0.977 bits per heavy atom. The number of methoxy groups -OCH3 is 2. The molecule has 3 aromatic heterocycles. The van der Waals surface area contributed by atoms with Crippen LogP contribution in [0.5, 0.6) is 23.0 Å². The molecule has 0 spiro atoms. The van der Waals surface area contributed by atoms with E-state index in [9.17, 15) is 14.0 Å². The van der Waals surface area contributed by atoms with Crippen LogP contribution in [0, 0.1) is 11.7 Å². The maximum Gasteiger partial charge on any atom is 0.200 e. The summed E-state index contributed by atoms with van der Waals surface area (Å²) in [6.07, 6.45) is 6.43. The van der Waals surface area contributed by atoms with Gasteiger partial charge >= 0.3 is 0 Å². The quantitative estimate of drug-likeness (QED) is 0.202. The Bertz CT molecular complexity index is 1870. The minimum absolute atomic E-state index is 0.0138. The van der Waals surface area contributed by atoms with E-state index in [4.69, 9.17) is 18.9 Å². The van der Waals surface area contributed by atoms with Gasteiger partial charge in [-0.3, -0.25) is 19.6 Å². The molecule has 43 heavy (non-hydrogen) atoms. The molecule has 5 aromatic rings. The molecule has 1 aliphatic heterocycles. The number of hydrogen-bond donors (Lipinski definition) is 0. The topological polar surface area (TPSA) is 102 Å². The van der Waals surface area contributed by atoms with Gasteiger partial charge in [0.15, 0.2) is 22.7 Å². The van der Waals surface area contributed by atoms with Gasteiger partial charge in [-0.2, -0.15) is 0 Å². The molecule has 0 saturated carbocycles. The average molecular weight is 584 g/mol. The Labute approximate surface area is 246 Å². The molecule has 1 fully saturated rings. The Morgan fingerprint density at radius 3 is 2.51 bits per heavy atom. The van der Waals surface area contributed by atoms with Crippen LogP contribution in [0.15, 0.2) is 71.9 Å². The molecule has 0 bridgehead atoms. The molecule has 10 heteroatoms. The number of Topliss-reactive ketones (excluding diaryl/α,β-unsaturated/α-hetero) is 1. The lowest BCUT2D eigenvalue weighted by Crippen LogP contribution is -2.24. The fourth-order valence-electron chi connectivity index (χ4n) is 5.43. The lowest BCUT2D eigenvalue weighted by atomic mass is 9.99. The molecule has 1 aliphatic rings. The van der Waals surface area contributed by atoms with Crippen LogP contribution in [0.1, 0.15) is 28.9 Å². The van der Waals surface area contributed by atoms with Crippen molar-refractivity contribution in [3.05, 3.63) is 94.4 Å². The zero-order chi connectivity index (χ0) is 29.9. The molecule has 0 amide bonds. The minimum atomic E-state index is -0.524. The van der Waals surface area contributed by atoms with Gasteiger partial charge in [-0.1, -0.05) is 0 Å². The molecule has 0 atom stereocenters. The summed E-state index contributed by atoms with van der Waals surface area (Å²) in [6.45, 7) is 1.96. The summed E-state index contributed by atoms with van der Waals surface area (Å²) in [5.74, 6) is 1.53. The van der Waals surface area contributed by atoms with E-state index in [0.29, 0.717) is 65.4 Å². The number of nitrogens with zero attached hydrogens (tertiary/aromatic N) is 3. The van der Waals surface area contributed by atoms with Crippen LogP contribution in [0.2, 0.25) is 0 Å². The van der Waals surface area contributed by atoms with Crippen molar-refractivity contribution in [3.63, 3.8) is 0 Å². The molecule has 1 saturated heterocycles. The lowest BCUT2D eigenvalue weighted by Gasteiger charge is -2.24. The highest BCUT2D eigenvalue weighted by Gasteiger charge is 2.20. The van der Waals surface area contributed by atoms with Gasteiger partial charge in [0.1, 0.15) is 17.3 Å². The maximum absolute atomic E-state index is 14.2. The summed E-state index contributed by atoms with van der Waals surface area (Å²) < 4.78 is 38.4. The third-order valence-electron chi connectivity index (χ3n) is 7.71. The van der Waals surface area contributed by atoms with Crippen LogP contribution in [0.4, 0.5) is 4.39 Å². The summed E-state index contributed by atoms with van der Waals surface area (Å²) in [5, 5.41) is 0.914. The Kier molecular flexibility index (Phi) is 8.02. The first-order chi connectivity index (χ1) is 20.9. The Balaban J connectivity index is 1.24. The minimum Gasteiger partial charge on any atom is -0.493 e. The molecule has 2 aromatic carbocycles. The largest absolute Gasteiger partial charge is 0.493 e. The van der Waals surface area contributed by atoms with E-state index in [0.717, 1.165) is 18.2 Å². The normalized spacial score (nSPS) is 13.7. The predicted octanol–water partition coefficient (Wildman–Crippen LogP) is 5.75. The second kappa shape index (κ2) is 12.2. The molecule has 0 aliphatic carbocycles. The van der Waals surface area contributed by atoms with Crippen LogP contribution in [0.3, 0.4) is 0 Å². The molecule has 0 radical (unpaired) electrons. The first kappa shape index (κ1) is 28.3. The molecular formula is C33H30FN3O6. The number of aromatic nitrogens is 3. The highest BCUT2D eigenvalue weighted by atomic mass is 19.1. The van der Waals surface area contributed by atoms with Gasteiger partial charge in [-0.05, 0) is 61.2 Å². The second-order valence-electron chi connectivity index (χ2n) is 10.5. The molecule has 6 rings (SSSR count). The number of carbonyl (C=O) groups is 1. The molecule has 0 unspecified atom stereocenters. The van der Waals surface area contributed by atoms with Crippen LogP contribution >= 0.6 is 0 Å². The Morgan fingerprint density at radius 2 is 1.77 bits per heavy atom. The van der Waals surface area contributed by atoms with Gasteiger partial charge in [0.05, 0.1) is 43.4 Å². The summed E-state index contributed by atoms with van der Waals surface area (Å²) in [5.41, 5.74) is 1.27. The number of benzene rings is 2. The van der Waals surface area contributed by atoms with Crippen molar-refractivity contribution in [2.45, 2.75) is 25.8 Å². The van der Waals surface area contributed by atoms with Crippen LogP contribution in [0.25, 0.3) is 21.8 Å². The number of halogens is 1. The summed E-state index contributed by atoms with van der Waals surface area (Å²) in [7, 11) is 3.12. The van der Waals surface area contributed by atoms with Gasteiger partial charge in [0.25, 0.3) is 0 Å². The van der Waals surface area contributed by atoms with E-state index >= 15 is 0 Å². The van der Waals surface area contributed by atoms with E-state index in [-0.39, 0.29) is 23.2 Å². The maximum atomic E-state index is 14.2. The molecule has 9 nitrogen and oxygen atoms in total. The van der Waals surface area contributed by atoms with Crippen molar-refractivity contribution in [2.75, 3.05) is 27.4 Å². The van der Waals surface area contributed by atoms with E-state index < -0.39 is 11.2 Å². The van der Waals surface area contributed by atoms with Crippen molar-refractivity contribution in [1.82, 2.24) is 14.5 Å². The van der Waals surface area contributed by atoms with Crippen LogP contribution in [-0.4, -0.2) is 47.8 Å². The standard InChI is InChI=1S/C33H30FN3O6/c1-40-31-15-24-27(16-32(31)41-2)35-10-7-30(24)43-23-5-4-22(36-17-23)14-29(38)26-19-37(18-20-8-11-42-12-9-20)28-6-3-21(34)13-25(28)33(26)39/h3-7,10,13,15-17,19-20H,8-9,11-12,14,18H2,1-2H3. The zero-order valence-electron chi connectivity index (χ0n) is 23.8. The van der Waals surface area contributed by atoms with E-state index in [1.807, 2.05) is 4.57 Å². The van der Waals surface area contributed by atoms with Gasteiger partial charge < -0.3 is 23.5 Å². The summed E-state index contributed by atoms with van der Waals surface area (Å²) >= 11 is 0. The first-order valence-corrected chi connectivity index (χ1v) is 14.0. The van der Waals surface area contributed by atoms with Crippen molar-refractivity contribution in [3.8, 4) is 23.0 Å². The third-order valence-corrected chi connectivity index (χ3v) is 7.71. The average Bonchev–Trinajstić information content (AvgIpc) is 3.03. The lowest BCUT2D eigenvalue weighted by molar-refractivity contribution is 0.0615. The highest BCUT2D eigenvalue weighted by molar-refractivity contribution is 5.99. The van der Waals surface area contributed by atoms with Crippen molar-refractivity contribution in [1.29, 1.82) is 0 Å². The zero-order valence-corrected chi connectivity index (χ0v) is 23.8. The fraction of sp³-hybridized carbons (Fsp3) is 0.273. The number of rotatable bonds is 9. The molecule has 0 N–H and O–H groups in total. The third kappa shape index (κ3) is 5.91.